The van der Waals surface area contributed by atoms with Crippen molar-refractivity contribution in [2.24, 2.45) is 5.92 Å². The SMILES string of the molecule is CCC1CC1NC(C)c1cccc(OC)c1. The molecule has 2 nitrogen and oxygen atoms in total. The Morgan fingerprint density at radius 1 is 1.50 bits per heavy atom. The van der Waals surface area contributed by atoms with Gasteiger partial charge in [-0.2, -0.15) is 0 Å². The molecule has 0 spiro atoms. The Morgan fingerprint density at radius 3 is 2.94 bits per heavy atom. The fourth-order valence-corrected chi connectivity index (χ4v) is 2.23. The van der Waals surface area contributed by atoms with Crippen LogP contribution in [0.4, 0.5) is 0 Å². The molecule has 0 heterocycles. The Kier molecular flexibility index (Phi) is 3.49. The van der Waals surface area contributed by atoms with E-state index in [0.29, 0.717) is 6.04 Å². The van der Waals surface area contributed by atoms with Crippen LogP contribution in [0, 0.1) is 5.92 Å². The summed E-state index contributed by atoms with van der Waals surface area (Å²) in [5.74, 6) is 1.84. The molecule has 0 saturated heterocycles. The van der Waals surface area contributed by atoms with E-state index in [0.717, 1.165) is 17.7 Å². The normalized spacial score (nSPS) is 25.2. The van der Waals surface area contributed by atoms with Crippen molar-refractivity contribution in [3.63, 3.8) is 0 Å². The summed E-state index contributed by atoms with van der Waals surface area (Å²) in [5.41, 5.74) is 1.31. The topological polar surface area (TPSA) is 21.3 Å². The van der Waals surface area contributed by atoms with E-state index in [4.69, 9.17) is 4.74 Å². The summed E-state index contributed by atoms with van der Waals surface area (Å²) in [6.07, 6.45) is 2.63. The molecule has 0 aliphatic heterocycles. The smallest absolute Gasteiger partial charge is 0.119 e. The Labute approximate surface area is 98.0 Å². The number of benzene rings is 1. The van der Waals surface area contributed by atoms with Crippen LogP contribution >= 0.6 is 0 Å². The van der Waals surface area contributed by atoms with E-state index in [1.54, 1.807) is 7.11 Å². The van der Waals surface area contributed by atoms with Crippen LogP contribution in [0.3, 0.4) is 0 Å². The molecule has 1 N–H and O–H groups in total. The van der Waals surface area contributed by atoms with Crippen molar-refractivity contribution >= 4 is 0 Å². The second kappa shape index (κ2) is 4.88. The first kappa shape index (κ1) is 11.5. The molecule has 16 heavy (non-hydrogen) atoms. The highest BCUT2D eigenvalue weighted by atomic mass is 16.5. The maximum absolute atomic E-state index is 5.24. The first-order chi connectivity index (χ1) is 7.74. The van der Waals surface area contributed by atoms with Gasteiger partial charge in [-0.3, -0.25) is 0 Å². The predicted octanol–water partition coefficient (Wildman–Crippen LogP) is 3.14. The zero-order valence-corrected chi connectivity index (χ0v) is 10.4. The zero-order chi connectivity index (χ0) is 11.5. The third kappa shape index (κ3) is 2.56. The van der Waals surface area contributed by atoms with Gasteiger partial charge in [0.1, 0.15) is 5.75 Å². The molecule has 1 aromatic rings. The minimum Gasteiger partial charge on any atom is -0.497 e. The van der Waals surface area contributed by atoms with Gasteiger partial charge in [0.25, 0.3) is 0 Å². The molecule has 1 saturated carbocycles. The lowest BCUT2D eigenvalue weighted by atomic mass is 10.1. The summed E-state index contributed by atoms with van der Waals surface area (Å²) < 4.78 is 5.24. The van der Waals surface area contributed by atoms with Crippen LogP contribution in [0.5, 0.6) is 5.75 Å². The van der Waals surface area contributed by atoms with Crippen LogP contribution < -0.4 is 10.1 Å². The summed E-state index contributed by atoms with van der Waals surface area (Å²) in [7, 11) is 1.71. The third-order valence-corrected chi connectivity index (χ3v) is 3.50. The van der Waals surface area contributed by atoms with E-state index in [2.05, 4.69) is 37.4 Å². The van der Waals surface area contributed by atoms with Gasteiger partial charge in [0.2, 0.25) is 0 Å². The van der Waals surface area contributed by atoms with Crippen molar-refractivity contribution in [3.05, 3.63) is 29.8 Å². The average molecular weight is 219 g/mol. The standard InChI is InChI=1S/C14H21NO/c1-4-11-9-14(11)15-10(2)12-6-5-7-13(8-12)16-3/h5-8,10-11,14-15H,4,9H2,1-3H3. The van der Waals surface area contributed by atoms with Crippen LogP contribution in [-0.4, -0.2) is 13.2 Å². The van der Waals surface area contributed by atoms with Crippen molar-refractivity contribution < 1.29 is 4.74 Å². The number of methoxy groups -OCH3 is 1. The van der Waals surface area contributed by atoms with Crippen LogP contribution in [0.1, 0.15) is 38.3 Å². The summed E-state index contributed by atoms with van der Waals surface area (Å²) in [6, 6.07) is 9.45. The largest absolute Gasteiger partial charge is 0.497 e. The van der Waals surface area contributed by atoms with Crippen LogP contribution in [0.15, 0.2) is 24.3 Å². The monoisotopic (exact) mass is 219 g/mol. The van der Waals surface area contributed by atoms with E-state index in [1.807, 2.05) is 6.07 Å². The van der Waals surface area contributed by atoms with Crippen molar-refractivity contribution in [1.29, 1.82) is 0 Å². The lowest BCUT2D eigenvalue weighted by molar-refractivity contribution is 0.413. The lowest BCUT2D eigenvalue weighted by Gasteiger charge is -2.15. The number of ether oxygens (including phenoxy) is 1. The third-order valence-electron chi connectivity index (χ3n) is 3.50. The molecule has 0 amide bonds. The molecule has 0 radical (unpaired) electrons. The van der Waals surface area contributed by atoms with Crippen LogP contribution in [-0.2, 0) is 0 Å². The Morgan fingerprint density at radius 2 is 2.31 bits per heavy atom. The molecule has 1 aliphatic rings. The molecule has 2 heteroatoms. The van der Waals surface area contributed by atoms with Crippen molar-refractivity contribution in [2.45, 2.75) is 38.8 Å². The van der Waals surface area contributed by atoms with E-state index in [9.17, 15) is 0 Å². The lowest BCUT2D eigenvalue weighted by Crippen LogP contribution is -2.22. The van der Waals surface area contributed by atoms with Gasteiger partial charge in [-0.25, -0.2) is 0 Å². The van der Waals surface area contributed by atoms with E-state index in [-0.39, 0.29) is 0 Å². The number of nitrogens with one attached hydrogen (secondary N) is 1. The number of rotatable bonds is 5. The van der Waals surface area contributed by atoms with Gasteiger partial charge >= 0.3 is 0 Å². The highest BCUT2D eigenvalue weighted by Crippen LogP contribution is 2.35. The van der Waals surface area contributed by atoms with E-state index >= 15 is 0 Å². The summed E-state index contributed by atoms with van der Waals surface area (Å²) in [6.45, 7) is 4.49. The highest BCUT2D eigenvalue weighted by molar-refractivity contribution is 5.30. The van der Waals surface area contributed by atoms with Crippen LogP contribution in [0.2, 0.25) is 0 Å². The molecule has 1 fully saturated rings. The predicted molar refractivity (Wildman–Crippen MR) is 66.7 cm³/mol. The molecule has 1 aromatic carbocycles. The van der Waals surface area contributed by atoms with Gasteiger partial charge in [-0.05, 0) is 37.0 Å². The first-order valence-corrected chi connectivity index (χ1v) is 6.14. The molecule has 0 bridgehead atoms. The molecule has 3 unspecified atom stereocenters. The highest BCUT2D eigenvalue weighted by Gasteiger charge is 2.35. The molecule has 88 valence electrons. The Balaban J connectivity index is 1.95. The summed E-state index contributed by atoms with van der Waals surface area (Å²) >= 11 is 0. The second-order valence-electron chi connectivity index (χ2n) is 4.68. The fourth-order valence-electron chi connectivity index (χ4n) is 2.23. The minimum absolute atomic E-state index is 0.414. The van der Waals surface area contributed by atoms with Crippen molar-refractivity contribution in [1.82, 2.24) is 5.32 Å². The number of hydrogen-bond acceptors (Lipinski definition) is 2. The van der Waals surface area contributed by atoms with Gasteiger partial charge in [0, 0.05) is 12.1 Å². The van der Waals surface area contributed by atoms with Gasteiger partial charge in [0.15, 0.2) is 0 Å². The summed E-state index contributed by atoms with van der Waals surface area (Å²) in [4.78, 5) is 0. The molecular weight excluding hydrogens is 198 g/mol. The van der Waals surface area contributed by atoms with Crippen molar-refractivity contribution in [2.75, 3.05) is 7.11 Å². The van der Waals surface area contributed by atoms with Gasteiger partial charge < -0.3 is 10.1 Å². The Bertz CT molecular complexity index is 350. The number of hydrogen-bond donors (Lipinski definition) is 1. The molecule has 1 aliphatic carbocycles. The van der Waals surface area contributed by atoms with Gasteiger partial charge in [-0.15, -0.1) is 0 Å². The molecule has 3 atom stereocenters. The first-order valence-electron chi connectivity index (χ1n) is 6.14. The van der Waals surface area contributed by atoms with E-state index < -0.39 is 0 Å². The average Bonchev–Trinajstić information content (AvgIpc) is 3.07. The summed E-state index contributed by atoms with van der Waals surface area (Å²) in [5, 5.41) is 3.67. The molecular formula is C14H21NO. The molecule has 2 rings (SSSR count). The maximum atomic E-state index is 5.24. The van der Waals surface area contributed by atoms with Gasteiger partial charge in [-0.1, -0.05) is 25.5 Å². The quantitative estimate of drug-likeness (QED) is 0.821. The van der Waals surface area contributed by atoms with E-state index in [1.165, 1.54) is 18.4 Å². The minimum atomic E-state index is 0.414. The van der Waals surface area contributed by atoms with Crippen molar-refractivity contribution in [3.8, 4) is 5.75 Å². The second-order valence-corrected chi connectivity index (χ2v) is 4.68. The Hall–Kier alpha value is -1.02. The zero-order valence-electron chi connectivity index (χ0n) is 10.4. The van der Waals surface area contributed by atoms with Crippen LogP contribution in [0.25, 0.3) is 0 Å². The molecule has 0 aromatic heterocycles. The maximum Gasteiger partial charge on any atom is 0.119 e. The van der Waals surface area contributed by atoms with Gasteiger partial charge in [0.05, 0.1) is 7.11 Å². The fraction of sp³-hybridized carbons (Fsp3) is 0.571.